The monoisotopic (exact) mass is 202 g/mol. The van der Waals surface area contributed by atoms with Crippen LogP contribution in [-0.2, 0) is 9.63 Å². The quantitative estimate of drug-likeness (QED) is 0.247. The smallest absolute Gasteiger partial charge is 0.332 e. The zero-order valence-electron chi connectivity index (χ0n) is 8.76. The van der Waals surface area contributed by atoms with Crippen LogP contribution >= 0.6 is 0 Å². The molecule has 0 fully saturated rings. The first kappa shape index (κ1) is 12.2. The summed E-state index contributed by atoms with van der Waals surface area (Å²) in [5.41, 5.74) is 5.52. The van der Waals surface area contributed by atoms with Crippen LogP contribution in [0.1, 0.15) is 13.3 Å². The summed E-state index contributed by atoms with van der Waals surface area (Å²) in [6.45, 7) is 8.07. The van der Waals surface area contributed by atoms with Crippen LogP contribution in [0.4, 0.5) is 0 Å². The second kappa shape index (κ2) is 5.01. The Bertz CT molecular complexity index is 209. The van der Waals surface area contributed by atoms with Crippen molar-refractivity contribution in [2.45, 2.75) is 39.0 Å². The highest BCUT2D eigenvalue weighted by Gasteiger charge is 2.13. The molecule has 0 aliphatic rings. The van der Waals surface area contributed by atoms with Crippen LogP contribution in [0.25, 0.3) is 0 Å². The van der Waals surface area contributed by atoms with E-state index in [0.717, 1.165) is 6.04 Å². The molecule has 0 aromatic rings. The van der Waals surface area contributed by atoms with E-state index in [0.29, 0.717) is 12.3 Å². The number of hydrogen-bond donors (Lipinski definition) is 1. The first-order valence-electron chi connectivity index (χ1n) is 4.31. The van der Waals surface area contributed by atoms with Crippen molar-refractivity contribution in [3.8, 4) is 0 Å². The van der Waals surface area contributed by atoms with Gasteiger partial charge in [-0.2, -0.15) is 0 Å². The van der Waals surface area contributed by atoms with Crippen molar-refractivity contribution in [2.75, 3.05) is 0 Å². The molecule has 0 heterocycles. The van der Waals surface area contributed by atoms with Gasteiger partial charge in [0.1, 0.15) is 5.84 Å². The van der Waals surface area contributed by atoms with Crippen molar-refractivity contribution in [3.05, 3.63) is 0 Å². The van der Waals surface area contributed by atoms with Gasteiger partial charge in [0.25, 0.3) is 0 Å². The van der Waals surface area contributed by atoms with Crippen LogP contribution in [0.5, 0.6) is 0 Å². The largest absolute Gasteiger partial charge is 0.384 e. The van der Waals surface area contributed by atoms with Crippen LogP contribution in [0.2, 0.25) is 25.7 Å². The molecule has 0 aliphatic heterocycles. The highest BCUT2D eigenvalue weighted by atomic mass is 28.3. The number of nitrogens with zero attached hydrogens (tertiary/aromatic N) is 1. The summed E-state index contributed by atoms with van der Waals surface area (Å²) < 4.78 is 0. The highest BCUT2D eigenvalue weighted by molar-refractivity contribution is 6.76. The van der Waals surface area contributed by atoms with Crippen LogP contribution in [-0.4, -0.2) is 19.9 Å². The van der Waals surface area contributed by atoms with Gasteiger partial charge in [0.05, 0.1) is 0 Å². The summed E-state index contributed by atoms with van der Waals surface area (Å²) in [7, 11) is -1.08. The molecule has 0 rings (SSSR count). The molecule has 0 saturated carbocycles. The predicted molar refractivity (Wildman–Crippen MR) is 56.2 cm³/mol. The van der Waals surface area contributed by atoms with Gasteiger partial charge in [0, 0.05) is 21.4 Å². The molecule has 4 nitrogen and oxygen atoms in total. The fraction of sp³-hybridized carbons (Fsp3) is 0.750. The van der Waals surface area contributed by atoms with Crippen molar-refractivity contribution in [2.24, 2.45) is 10.9 Å². The lowest BCUT2D eigenvalue weighted by molar-refractivity contribution is -0.140. The number of rotatable bonds is 4. The SMILES string of the molecule is CC(=O)O/N=C(\N)CC[Si](C)(C)C. The summed E-state index contributed by atoms with van der Waals surface area (Å²) >= 11 is 0. The van der Waals surface area contributed by atoms with Crippen LogP contribution in [0.15, 0.2) is 5.16 Å². The number of nitrogens with two attached hydrogens (primary N) is 1. The van der Waals surface area contributed by atoms with Crippen molar-refractivity contribution < 1.29 is 9.63 Å². The molecule has 0 saturated heterocycles. The third-order valence-corrected chi connectivity index (χ3v) is 3.17. The molecule has 0 aromatic carbocycles. The first-order chi connectivity index (χ1) is 5.81. The maximum absolute atomic E-state index is 10.4. The molecule has 13 heavy (non-hydrogen) atoms. The Morgan fingerprint density at radius 2 is 2.00 bits per heavy atom. The minimum Gasteiger partial charge on any atom is -0.384 e. The summed E-state index contributed by atoms with van der Waals surface area (Å²) in [5, 5.41) is 3.49. The average molecular weight is 202 g/mol. The zero-order chi connectivity index (χ0) is 10.5. The Labute approximate surface area is 80.1 Å². The lowest BCUT2D eigenvalue weighted by atomic mass is 10.5. The molecule has 0 radical (unpaired) electrons. The normalized spacial score (nSPS) is 12.8. The zero-order valence-corrected chi connectivity index (χ0v) is 9.76. The summed E-state index contributed by atoms with van der Waals surface area (Å²) in [4.78, 5) is 14.8. The maximum atomic E-state index is 10.4. The molecular weight excluding hydrogens is 184 g/mol. The third kappa shape index (κ3) is 9.07. The number of hydrogen-bond acceptors (Lipinski definition) is 3. The Balaban J connectivity index is 3.80. The number of carbonyl (C=O) groups is 1. The van der Waals surface area contributed by atoms with Crippen LogP contribution < -0.4 is 5.73 Å². The third-order valence-electron chi connectivity index (χ3n) is 1.42. The molecule has 0 unspecified atom stereocenters. The second-order valence-corrected chi connectivity index (χ2v) is 9.85. The molecule has 0 aromatic heterocycles. The van der Waals surface area contributed by atoms with Crippen molar-refractivity contribution in [1.29, 1.82) is 0 Å². The molecular formula is C8H18N2O2Si. The van der Waals surface area contributed by atoms with E-state index >= 15 is 0 Å². The Morgan fingerprint density at radius 1 is 1.46 bits per heavy atom. The fourth-order valence-corrected chi connectivity index (χ4v) is 1.68. The number of oxime groups is 1. The van der Waals surface area contributed by atoms with E-state index in [1.165, 1.54) is 6.92 Å². The van der Waals surface area contributed by atoms with Crippen molar-refractivity contribution >= 4 is 19.9 Å². The minimum absolute atomic E-state index is 0.401. The maximum Gasteiger partial charge on any atom is 0.332 e. The number of amidine groups is 1. The summed E-state index contributed by atoms with van der Waals surface area (Å²) in [5.74, 6) is -0.0337. The number of carbonyl (C=O) groups excluding carboxylic acids is 1. The van der Waals surface area contributed by atoms with Crippen molar-refractivity contribution in [1.82, 2.24) is 0 Å². The van der Waals surface area contributed by atoms with Gasteiger partial charge in [0.15, 0.2) is 0 Å². The lowest BCUT2D eigenvalue weighted by Crippen LogP contribution is -2.23. The fourth-order valence-electron chi connectivity index (χ4n) is 0.672. The van der Waals surface area contributed by atoms with Gasteiger partial charge < -0.3 is 10.6 Å². The Hall–Kier alpha value is -0.843. The molecule has 0 amide bonds. The Kier molecular flexibility index (Phi) is 4.69. The molecule has 0 atom stereocenters. The van der Waals surface area contributed by atoms with E-state index in [-0.39, 0.29) is 0 Å². The lowest BCUT2D eigenvalue weighted by Gasteiger charge is -2.14. The van der Waals surface area contributed by atoms with Gasteiger partial charge >= 0.3 is 5.97 Å². The molecule has 5 heteroatoms. The van der Waals surface area contributed by atoms with E-state index in [9.17, 15) is 4.79 Å². The van der Waals surface area contributed by atoms with Gasteiger partial charge in [-0.25, -0.2) is 4.79 Å². The molecule has 0 bridgehead atoms. The van der Waals surface area contributed by atoms with Gasteiger partial charge in [0.2, 0.25) is 0 Å². The molecule has 2 N–H and O–H groups in total. The first-order valence-corrected chi connectivity index (χ1v) is 8.02. The molecule has 76 valence electrons. The van der Waals surface area contributed by atoms with E-state index in [1.807, 2.05) is 0 Å². The van der Waals surface area contributed by atoms with Crippen LogP contribution in [0.3, 0.4) is 0 Å². The second-order valence-electron chi connectivity index (χ2n) is 4.23. The van der Waals surface area contributed by atoms with E-state index in [2.05, 4.69) is 29.6 Å². The minimum atomic E-state index is -1.08. The van der Waals surface area contributed by atoms with Crippen LogP contribution in [0, 0.1) is 0 Å². The van der Waals surface area contributed by atoms with Crippen molar-refractivity contribution in [3.63, 3.8) is 0 Å². The van der Waals surface area contributed by atoms with E-state index < -0.39 is 14.0 Å². The highest BCUT2D eigenvalue weighted by Crippen LogP contribution is 2.10. The molecule has 0 aliphatic carbocycles. The summed E-state index contributed by atoms with van der Waals surface area (Å²) in [6.07, 6.45) is 0.711. The van der Waals surface area contributed by atoms with Gasteiger partial charge in [-0.05, 0) is 0 Å². The molecule has 0 spiro atoms. The topological polar surface area (TPSA) is 64.7 Å². The van der Waals surface area contributed by atoms with Gasteiger partial charge in [-0.1, -0.05) is 30.8 Å². The van der Waals surface area contributed by atoms with Gasteiger partial charge in [-0.3, -0.25) is 0 Å². The van der Waals surface area contributed by atoms with Gasteiger partial charge in [-0.15, -0.1) is 0 Å². The summed E-state index contributed by atoms with van der Waals surface area (Å²) in [6, 6.07) is 1.06. The van der Waals surface area contributed by atoms with E-state index in [1.54, 1.807) is 0 Å². The average Bonchev–Trinajstić information content (AvgIpc) is 1.95. The van der Waals surface area contributed by atoms with E-state index in [4.69, 9.17) is 5.73 Å². The Morgan fingerprint density at radius 3 is 2.38 bits per heavy atom. The predicted octanol–water partition coefficient (Wildman–Crippen LogP) is 1.55. The standard InChI is InChI=1S/C8H18N2O2Si/c1-7(11)12-10-8(9)5-6-13(2,3)4/h5-6H2,1-4H3,(H2,9,10).